The number of hydrogen-bond donors (Lipinski definition) is 4. The van der Waals surface area contributed by atoms with Gasteiger partial charge in [0.1, 0.15) is 16.9 Å². The number of aromatic amines is 1. The molecule has 3 aromatic rings. The fourth-order valence-electron chi connectivity index (χ4n) is 2.99. The lowest BCUT2D eigenvalue weighted by molar-refractivity contribution is -0.192. The molecule has 4 N–H and O–H groups in total. The summed E-state index contributed by atoms with van der Waals surface area (Å²) in [7, 11) is 1.84. The van der Waals surface area contributed by atoms with E-state index in [1.54, 1.807) is 6.20 Å². The average Bonchev–Trinajstić information content (AvgIpc) is 3.35. The van der Waals surface area contributed by atoms with Crippen LogP contribution >= 0.6 is 0 Å². The normalized spacial score (nSPS) is 15.6. The van der Waals surface area contributed by atoms with E-state index in [9.17, 15) is 18.4 Å². The highest BCUT2D eigenvalue weighted by molar-refractivity contribution is 5.80. The zero-order chi connectivity index (χ0) is 21.9. The number of fused-ring (bicyclic) bond motifs is 2. The van der Waals surface area contributed by atoms with Crippen LogP contribution in [0, 0.1) is 11.3 Å². The molecule has 0 fully saturated rings. The molecule has 1 aliphatic rings. The molecule has 30 heavy (non-hydrogen) atoms. The second kappa shape index (κ2) is 8.21. The number of nitrogens with one attached hydrogen (secondary N) is 3. The van der Waals surface area contributed by atoms with Crippen molar-refractivity contribution in [3.8, 4) is 6.07 Å². The van der Waals surface area contributed by atoms with Gasteiger partial charge in [-0.2, -0.15) is 23.5 Å². The predicted octanol–water partition coefficient (Wildman–Crippen LogP) is 2.13. The molecule has 0 aliphatic carbocycles. The lowest BCUT2D eigenvalue weighted by Crippen LogP contribution is -2.24. The van der Waals surface area contributed by atoms with E-state index < -0.39 is 12.1 Å². The van der Waals surface area contributed by atoms with Crippen LogP contribution in [0.5, 0.6) is 0 Å². The molecule has 0 bridgehead atoms. The van der Waals surface area contributed by atoms with Gasteiger partial charge in [0, 0.05) is 17.8 Å². The van der Waals surface area contributed by atoms with E-state index in [0.29, 0.717) is 23.2 Å². The fourth-order valence-corrected chi connectivity index (χ4v) is 2.99. The lowest BCUT2D eigenvalue weighted by Gasteiger charge is -2.26. The van der Waals surface area contributed by atoms with E-state index >= 15 is 0 Å². The number of rotatable bonds is 3. The Labute approximate surface area is 166 Å². The zero-order valence-corrected chi connectivity index (χ0v) is 15.3. The summed E-state index contributed by atoms with van der Waals surface area (Å²) in [5, 5.41) is 38.1. The van der Waals surface area contributed by atoms with Gasteiger partial charge in [-0.05, 0) is 29.0 Å². The first kappa shape index (κ1) is 20.8. The number of halogens is 3. The molecule has 10 nitrogen and oxygen atoms in total. The number of hydrogen-bond acceptors (Lipinski definition) is 8. The molecule has 13 heteroatoms. The second-order valence-electron chi connectivity index (χ2n) is 6.07. The molecule has 1 unspecified atom stereocenters. The van der Waals surface area contributed by atoms with Crippen LogP contribution in [0.2, 0.25) is 0 Å². The van der Waals surface area contributed by atoms with Crippen LogP contribution in [0.4, 0.5) is 19.0 Å². The standard InChI is InChI=1S/C15H13N7O.C2HF3O2/c1-17-7-12-9(5-16)13(10-6-18-20-15(10)19-12)8-3-2-4-11-14(8)22-23-21-11;3-2(4,5)1(6)7/h2-4,6,13,17H,7H2,1H3,(H2,18,19,20);(H,6,7). The Morgan fingerprint density at radius 3 is 2.73 bits per heavy atom. The number of carboxylic acids is 1. The van der Waals surface area contributed by atoms with Crippen molar-refractivity contribution < 1.29 is 27.7 Å². The first-order valence-corrected chi connectivity index (χ1v) is 8.37. The van der Waals surface area contributed by atoms with Gasteiger partial charge in [-0.3, -0.25) is 5.10 Å². The highest BCUT2D eigenvalue weighted by Gasteiger charge is 2.38. The van der Waals surface area contributed by atoms with Gasteiger partial charge in [0.25, 0.3) is 0 Å². The van der Waals surface area contributed by atoms with E-state index in [-0.39, 0.29) is 5.92 Å². The highest BCUT2D eigenvalue weighted by Crippen LogP contribution is 2.42. The number of H-pyrrole nitrogens is 1. The summed E-state index contributed by atoms with van der Waals surface area (Å²) in [6.07, 6.45) is -3.35. The Morgan fingerprint density at radius 2 is 2.10 bits per heavy atom. The topological polar surface area (TPSA) is 153 Å². The maximum absolute atomic E-state index is 10.6. The van der Waals surface area contributed by atoms with E-state index in [0.717, 1.165) is 22.6 Å². The van der Waals surface area contributed by atoms with E-state index in [4.69, 9.17) is 14.5 Å². The van der Waals surface area contributed by atoms with Gasteiger partial charge in [-0.1, -0.05) is 12.1 Å². The maximum Gasteiger partial charge on any atom is 0.490 e. The van der Waals surface area contributed by atoms with Crippen LogP contribution in [0.1, 0.15) is 17.0 Å². The van der Waals surface area contributed by atoms with E-state index in [1.165, 1.54) is 0 Å². The number of nitriles is 1. The van der Waals surface area contributed by atoms with Crippen molar-refractivity contribution in [3.63, 3.8) is 0 Å². The van der Waals surface area contributed by atoms with Crippen LogP contribution in [0.15, 0.2) is 40.3 Å². The smallest absolute Gasteiger partial charge is 0.475 e. The quantitative estimate of drug-likeness (QED) is 0.498. The molecular formula is C17H14F3N7O3. The van der Waals surface area contributed by atoms with Crippen molar-refractivity contribution in [2.24, 2.45) is 0 Å². The number of carbonyl (C=O) groups is 1. The number of anilines is 1. The second-order valence-corrected chi connectivity index (χ2v) is 6.07. The summed E-state index contributed by atoms with van der Waals surface area (Å²) in [6, 6.07) is 7.99. The van der Waals surface area contributed by atoms with E-state index in [1.807, 2.05) is 25.2 Å². The predicted molar refractivity (Wildman–Crippen MR) is 96.1 cm³/mol. The number of nitrogens with zero attached hydrogens (tertiary/aromatic N) is 4. The molecule has 4 rings (SSSR count). The van der Waals surface area contributed by atoms with Gasteiger partial charge in [-0.15, -0.1) is 0 Å². The van der Waals surface area contributed by atoms with Gasteiger partial charge in [-0.25, -0.2) is 9.42 Å². The lowest BCUT2D eigenvalue weighted by atomic mass is 9.82. The number of aromatic nitrogens is 4. The average molecular weight is 421 g/mol. The highest BCUT2D eigenvalue weighted by atomic mass is 19.4. The van der Waals surface area contributed by atoms with Gasteiger partial charge >= 0.3 is 12.1 Å². The Balaban J connectivity index is 0.000000318. The number of benzene rings is 1. The minimum absolute atomic E-state index is 0.269. The minimum Gasteiger partial charge on any atom is -0.475 e. The van der Waals surface area contributed by atoms with Gasteiger partial charge in [0.15, 0.2) is 0 Å². The van der Waals surface area contributed by atoms with Crippen molar-refractivity contribution in [1.29, 1.82) is 5.26 Å². The molecule has 2 aromatic heterocycles. The van der Waals surface area contributed by atoms with Crippen LogP contribution in [-0.2, 0) is 4.79 Å². The van der Waals surface area contributed by atoms with Crippen molar-refractivity contribution in [2.45, 2.75) is 12.1 Å². The van der Waals surface area contributed by atoms with Gasteiger partial charge < -0.3 is 15.7 Å². The van der Waals surface area contributed by atoms with Crippen LogP contribution < -0.4 is 10.6 Å². The van der Waals surface area contributed by atoms with Crippen molar-refractivity contribution in [1.82, 2.24) is 25.8 Å². The maximum atomic E-state index is 10.6. The monoisotopic (exact) mass is 421 g/mol. The summed E-state index contributed by atoms with van der Waals surface area (Å²) < 4.78 is 36.6. The number of carboxylic acid groups (broad SMARTS) is 1. The fraction of sp³-hybridized carbons (Fsp3) is 0.235. The first-order chi connectivity index (χ1) is 14.3. The molecule has 0 radical (unpaired) electrons. The molecule has 3 heterocycles. The summed E-state index contributed by atoms with van der Waals surface area (Å²) in [6.45, 7) is 0.547. The number of likely N-dealkylation sites (N-methyl/N-ethyl adjacent to an activating group) is 1. The van der Waals surface area contributed by atoms with Gasteiger partial charge in [0.05, 0.1) is 23.8 Å². The molecule has 1 aliphatic heterocycles. The molecule has 0 saturated heterocycles. The zero-order valence-electron chi connectivity index (χ0n) is 15.3. The molecule has 0 amide bonds. The summed E-state index contributed by atoms with van der Waals surface area (Å²) in [5.41, 5.74) is 4.53. The number of allylic oxidation sites excluding steroid dienone is 1. The van der Waals surface area contributed by atoms with Crippen LogP contribution in [0.25, 0.3) is 11.0 Å². The van der Waals surface area contributed by atoms with Crippen LogP contribution in [-0.4, -0.2) is 51.4 Å². The number of aliphatic carboxylic acids is 1. The Kier molecular flexibility index (Phi) is 5.70. The first-order valence-electron chi connectivity index (χ1n) is 8.37. The summed E-state index contributed by atoms with van der Waals surface area (Å²) in [5.74, 6) is -2.24. The van der Waals surface area contributed by atoms with Gasteiger partial charge in [0.2, 0.25) is 0 Å². The SMILES string of the molecule is CNCC1=C(C#N)C(c2cccc3nonc23)c2cn[nH]c2N1.O=C(O)C(F)(F)F. The third-order valence-electron chi connectivity index (χ3n) is 4.21. The number of alkyl halides is 3. The van der Waals surface area contributed by atoms with Crippen LogP contribution in [0.3, 0.4) is 0 Å². The molecular weight excluding hydrogens is 407 g/mol. The third-order valence-corrected chi connectivity index (χ3v) is 4.21. The third kappa shape index (κ3) is 3.94. The van der Waals surface area contributed by atoms with Crippen molar-refractivity contribution in [3.05, 3.63) is 46.8 Å². The largest absolute Gasteiger partial charge is 0.490 e. The minimum atomic E-state index is -5.08. The van der Waals surface area contributed by atoms with Crippen molar-refractivity contribution in [2.75, 3.05) is 18.9 Å². The molecule has 1 atom stereocenters. The Morgan fingerprint density at radius 1 is 1.37 bits per heavy atom. The molecule has 0 spiro atoms. The Hall–Kier alpha value is -3.92. The van der Waals surface area contributed by atoms with E-state index in [2.05, 4.69) is 37.2 Å². The molecule has 156 valence electrons. The molecule has 0 saturated carbocycles. The molecule has 1 aromatic carbocycles. The summed E-state index contributed by atoms with van der Waals surface area (Å²) in [4.78, 5) is 8.90. The summed E-state index contributed by atoms with van der Waals surface area (Å²) >= 11 is 0. The van der Waals surface area contributed by atoms with Crippen molar-refractivity contribution >= 4 is 22.8 Å². The Bertz CT molecular complexity index is 1140.